The largest absolute Gasteiger partial charge is 0.396 e. The summed E-state index contributed by atoms with van der Waals surface area (Å²) in [5.41, 5.74) is 6.49. The number of nitrogens with zero attached hydrogens (tertiary/aromatic N) is 3. The normalized spacial score (nSPS) is 17.1. The van der Waals surface area contributed by atoms with Gasteiger partial charge in [-0.3, -0.25) is 4.79 Å². The molecule has 1 amide bonds. The lowest BCUT2D eigenvalue weighted by Gasteiger charge is -2.14. The molecule has 0 saturated heterocycles. The number of primary amides is 1. The van der Waals surface area contributed by atoms with E-state index < -0.39 is 5.91 Å². The van der Waals surface area contributed by atoms with Gasteiger partial charge in [-0.15, -0.1) is 5.10 Å². The predicted molar refractivity (Wildman–Crippen MR) is 61.5 cm³/mol. The molecule has 1 unspecified atom stereocenters. The summed E-state index contributed by atoms with van der Waals surface area (Å²) in [7, 11) is 0. The van der Waals surface area contributed by atoms with E-state index in [1.165, 1.54) is 0 Å². The summed E-state index contributed by atoms with van der Waals surface area (Å²) < 4.78 is 1.80. The number of carbonyl (C=O) groups is 1. The average molecular weight is 238 g/mol. The van der Waals surface area contributed by atoms with Gasteiger partial charge in [-0.05, 0) is 32.6 Å². The topological polar surface area (TPSA) is 94.0 Å². The lowest BCUT2D eigenvalue weighted by molar-refractivity contribution is 0.0994. The molecular weight excluding hydrogens is 220 g/mol. The van der Waals surface area contributed by atoms with Gasteiger partial charge in [0.25, 0.3) is 5.91 Å². The van der Waals surface area contributed by atoms with Crippen molar-refractivity contribution in [2.24, 2.45) is 5.73 Å². The van der Waals surface area contributed by atoms with Crippen LogP contribution in [0.25, 0.3) is 0 Å². The lowest BCUT2D eigenvalue weighted by Crippen LogP contribution is -2.16. The molecule has 0 aliphatic heterocycles. The van der Waals surface area contributed by atoms with Gasteiger partial charge in [-0.1, -0.05) is 5.21 Å². The van der Waals surface area contributed by atoms with Crippen LogP contribution < -0.4 is 5.73 Å². The molecule has 3 N–H and O–H groups in total. The number of rotatable bonds is 6. The Morgan fingerprint density at radius 2 is 2.35 bits per heavy atom. The summed E-state index contributed by atoms with van der Waals surface area (Å²) in [6.07, 6.45) is 3.68. The Bertz CT molecular complexity index is 412. The van der Waals surface area contributed by atoms with Crippen molar-refractivity contribution in [2.45, 2.75) is 44.6 Å². The van der Waals surface area contributed by atoms with Crippen molar-refractivity contribution < 1.29 is 9.90 Å². The first-order chi connectivity index (χ1) is 8.15. The Hall–Kier alpha value is -1.43. The molecule has 94 valence electrons. The summed E-state index contributed by atoms with van der Waals surface area (Å²) in [4.78, 5) is 11.3. The quantitative estimate of drug-likeness (QED) is 0.758. The fourth-order valence-electron chi connectivity index (χ4n) is 2.05. The molecule has 0 spiro atoms. The van der Waals surface area contributed by atoms with Crippen LogP contribution in [0.15, 0.2) is 0 Å². The van der Waals surface area contributed by atoms with Gasteiger partial charge < -0.3 is 10.8 Å². The van der Waals surface area contributed by atoms with Gasteiger partial charge in [-0.25, -0.2) is 4.68 Å². The Kier molecular flexibility index (Phi) is 3.42. The van der Waals surface area contributed by atoms with Crippen molar-refractivity contribution in [1.82, 2.24) is 15.0 Å². The monoisotopic (exact) mass is 238 g/mol. The van der Waals surface area contributed by atoms with Gasteiger partial charge in [0.2, 0.25) is 0 Å². The van der Waals surface area contributed by atoms with E-state index in [0.29, 0.717) is 11.6 Å². The van der Waals surface area contributed by atoms with Crippen LogP contribution >= 0.6 is 0 Å². The molecule has 1 aliphatic rings. The number of amides is 1. The predicted octanol–water partition coefficient (Wildman–Crippen LogP) is 0.588. The van der Waals surface area contributed by atoms with Gasteiger partial charge in [0.15, 0.2) is 5.69 Å². The van der Waals surface area contributed by atoms with Crippen LogP contribution in [0.2, 0.25) is 0 Å². The zero-order valence-corrected chi connectivity index (χ0v) is 9.96. The van der Waals surface area contributed by atoms with Crippen LogP contribution in [-0.4, -0.2) is 32.6 Å². The van der Waals surface area contributed by atoms with E-state index in [9.17, 15) is 4.79 Å². The SMILES string of the molecule is CC(CCCO)n1nnc(C(N)=O)c1C1CC1. The average Bonchev–Trinajstić information content (AvgIpc) is 3.04. The number of hydrogen-bond acceptors (Lipinski definition) is 4. The maximum atomic E-state index is 11.3. The zero-order valence-electron chi connectivity index (χ0n) is 9.96. The van der Waals surface area contributed by atoms with E-state index in [2.05, 4.69) is 10.3 Å². The highest BCUT2D eigenvalue weighted by Crippen LogP contribution is 2.42. The van der Waals surface area contributed by atoms with Crippen molar-refractivity contribution >= 4 is 5.91 Å². The van der Waals surface area contributed by atoms with Crippen molar-refractivity contribution in [3.8, 4) is 0 Å². The van der Waals surface area contributed by atoms with E-state index in [-0.39, 0.29) is 12.6 Å². The number of aliphatic hydroxyl groups excluding tert-OH is 1. The third kappa shape index (κ3) is 2.46. The molecule has 2 rings (SSSR count). The molecule has 0 bridgehead atoms. The van der Waals surface area contributed by atoms with Crippen molar-refractivity contribution in [1.29, 1.82) is 0 Å². The fourth-order valence-corrected chi connectivity index (χ4v) is 2.05. The number of aromatic nitrogens is 3. The second-order valence-corrected chi connectivity index (χ2v) is 4.62. The second-order valence-electron chi connectivity index (χ2n) is 4.62. The minimum absolute atomic E-state index is 0.137. The summed E-state index contributed by atoms with van der Waals surface area (Å²) in [5.74, 6) is -0.128. The Balaban J connectivity index is 2.24. The molecule has 6 nitrogen and oxygen atoms in total. The van der Waals surface area contributed by atoms with Crippen LogP contribution in [0.3, 0.4) is 0 Å². The Morgan fingerprint density at radius 1 is 1.65 bits per heavy atom. The third-order valence-corrected chi connectivity index (χ3v) is 3.13. The highest BCUT2D eigenvalue weighted by molar-refractivity contribution is 5.92. The van der Waals surface area contributed by atoms with E-state index in [1.54, 1.807) is 4.68 Å². The standard InChI is InChI=1S/C11H18N4O2/c1-7(3-2-6-16)15-10(8-4-5-8)9(11(12)17)13-14-15/h7-8,16H,2-6H2,1H3,(H2,12,17). The molecule has 1 saturated carbocycles. The lowest BCUT2D eigenvalue weighted by atomic mass is 10.1. The summed E-state index contributed by atoms with van der Waals surface area (Å²) in [6.45, 7) is 2.18. The zero-order chi connectivity index (χ0) is 12.4. The minimum Gasteiger partial charge on any atom is -0.396 e. The van der Waals surface area contributed by atoms with Gasteiger partial charge in [0.05, 0.1) is 11.7 Å². The first-order valence-electron chi connectivity index (χ1n) is 6.01. The first-order valence-corrected chi connectivity index (χ1v) is 6.01. The van der Waals surface area contributed by atoms with E-state index in [0.717, 1.165) is 31.4 Å². The molecule has 1 aromatic heterocycles. The van der Waals surface area contributed by atoms with Crippen molar-refractivity contribution in [3.05, 3.63) is 11.4 Å². The summed E-state index contributed by atoms with van der Waals surface area (Å²) in [6, 6.07) is 0.137. The Labute approximate surface area is 99.8 Å². The van der Waals surface area contributed by atoms with Crippen molar-refractivity contribution in [3.63, 3.8) is 0 Å². The molecule has 1 fully saturated rings. The molecule has 1 atom stereocenters. The van der Waals surface area contributed by atoms with Gasteiger partial charge in [0, 0.05) is 12.5 Å². The minimum atomic E-state index is -0.507. The first kappa shape index (κ1) is 12.0. The molecule has 6 heteroatoms. The van der Waals surface area contributed by atoms with Gasteiger partial charge in [-0.2, -0.15) is 0 Å². The number of hydrogen-bond donors (Lipinski definition) is 2. The van der Waals surface area contributed by atoms with E-state index in [1.807, 2.05) is 6.92 Å². The maximum absolute atomic E-state index is 11.3. The molecular formula is C11H18N4O2. The van der Waals surface area contributed by atoms with Gasteiger partial charge >= 0.3 is 0 Å². The van der Waals surface area contributed by atoms with Gasteiger partial charge in [0.1, 0.15) is 0 Å². The molecule has 1 aliphatic carbocycles. The molecule has 0 radical (unpaired) electrons. The molecule has 1 heterocycles. The highest BCUT2D eigenvalue weighted by Gasteiger charge is 2.34. The molecule has 17 heavy (non-hydrogen) atoms. The van der Waals surface area contributed by atoms with Crippen LogP contribution in [0.5, 0.6) is 0 Å². The third-order valence-electron chi connectivity index (χ3n) is 3.13. The number of nitrogens with two attached hydrogens (primary N) is 1. The van der Waals surface area contributed by atoms with Crippen LogP contribution in [-0.2, 0) is 0 Å². The molecule has 0 aromatic carbocycles. The maximum Gasteiger partial charge on any atom is 0.271 e. The summed E-state index contributed by atoms with van der Waals surface area (Å²) >= 11 is 0. The van der Waals surface area contributed by atoms with Crippen molar-refractivity contribution in [2.75, 3.05) is 6.61 Å². The van der Waals surface area contributed by atoms with E-state index >= 15 is 0 Å². The van der Waals surface area contributed by atoms with E-state index in [4.69, 9.17) is 10.8 Å². The highest BCUT2D eigenvalue weighted by atomic mass is 16.2. The van der Waals surface area contributed by atoms with Crippen LogP contribution in [0.1, 0.15) is 60.7 Å². The Morgan fingerprint density at radius 3 is 2.88 bits per heavy atom. The second kappa shape index (κ2) is 4.83. The number of aliphatic hydroxyl groups is 1. The van der Waals surface area contributed by atoms with Crippen LogP contribution in [0, 0.1) is 0 Å². The smallest absolute Gasteiger partial charge is 0.271 e. The number of carbonyl (C=O) groups excluding carboxylic acids is 1. The fraction of sp³-hybridized carbons (Fsp3) is 0.727. The summed E-state index contributed by atoms with van der Waals surface area (Å²) in [5, 5.41) is 16.7. The van der Waals surface area contributed by atoms with Crippen LogP contribution in [0.4, 0.5) is 0 Å². The molecule has 1 aromatic rings.